The Labute approximate surface area is 189 Å². The molecule has 0 bridgehead atoms. The molecule has 4 rings (SSSR count). The first-order valence-electron chi connectivity index (χ1n) is 10.6. The number of hydrogen-bond acceptors (Lipinski definition) is 11. The van der Waals surface area contributed by atoms with Crippen LogP contribution in [0.5, 0.6) is 0 Å². The first-order valence-corrected chi connectivity index (χ1v) is 12.0. The lowest BCUT2D eigenvalue weighted by atomic mass is 9.98. The number of alkyl halides is 1. The summed E-state index contributed by atoms with van der Waals surface area (Å²) in [6.45, 7) is 6.14. The molecule has 0 saturated carbocycles. The van der Waals surface area contributed by atoms with Gasteiger partial charge in [0.25, 0.3) is 0 Å². The van der Waals surface area contributed by atoms with E-state index in [1.165, 1.54) is 24.1 Å². The Morgan fingerprint density at radius 1 is 1.39 bits per heavy atom. The first-order chi connectivity index (χ1) is 15.5. The summed E-state index contributed by atoms with van der Waals surface area (Å²) in [6.07, 6.45) is -0.682. The van der Waals surface area contributed by atoms with E-state index in [4.69, 9.17) is 28.8 Å². The summed E-state index contributed by atoms with van der Waals surface area (Å²) < 4.78 is 57.4. The predicted octanol–water partition coefficient (Wildman–Crippen LogP) is 2.55. The number of carbonyl (C=O) groups excluding carboxylic acids is 1. The maximum Gasteiger partial charge on any atom is 0.475 e. The molecule has 33 heavy (non-hydrogen) atoms. The standard InChI is InChI=1S/C19H27FN5O7P/c1-10(2)30-17(26)11(3)5-6-28-33(27)29-7-12-14(32-33)19(4,20)18(31-12)25-9-24-13-15(21)22-8-23-16(13)25/h8-12,14,18H,5-7H2,1-4H3,(H2,21,22,23)/t11-,12-,14-,18-,19-,33+/m1/s1. The van der Waals surface area contributed by atoms with Crippen LogP contribution in [0.4, 0.5) is 10.2 Å². The Balaban J connectivity index is 1.43. The van der Waals surface area contributed by atoms with Crippen LogP contribution in [0.2, 0.25) is 0 Å². The Morgan fingerprint density at radius 2 is 2.15 bits per heavy atom. The fourth-order valence-corrected chi connectivity index (χ4v) is 5.24. The van der Waals surface area contributed by atoms with Gasteiger partial charge in [0, 0.05) is 0 Å². The van der Waals surface area contributed by atoms with E-state index < -0.39 is 43.8 Å². The largest absolute Gasteiger partial charge is 0.475 e. The normalized spacial score (nSPS) is 32.7. The fourth-order valence-electron chi connectivity index (χ4n) is 3.76. The van der Waals surface area contributed by atoms with E-state index in [-0.39, 0.29) is 37.2 Å². The summed E-state index contributed by atoms with van der Waals surface area (Å²) in [6, 6.07) is 0. The molecule has 0 spiro atoms. The number of nitrogen functional groups attached to an aromatic ring is 1. The molecule has 2 aromatic heterocycles. The number of nitrogens with two attached hydrogens (primary N) is 1. The molecule has 182 valence electrons. The summed E-state index contributed by atoms with van der Waals surface area (Å²) in [5, 5.41) is 0. The van der Waals surface area contributed by atoms with Crippen molar-refractivity contribution in [2.75, 3.05) is 18.9 Å². The quantitative estimate of drug-likeness (QED) is 0.453. The van der Waals surface area contributed by atoms with Crippen LogP contribution >= 0.6 is 7.82 Å². The number of hydrogen-bond donors (Lipinski definition) is 1. The van der Waals surface area contributed by atoms with Crippen LogP contribution in [0, 0.1) is 5.92 Å². The Morgan fingerprint density at radius 3 is 2.88 bits per heavy atom. The zero-order valence-corrected chi connectivity index (χ0v) is 19.6. The summed E-state index contributed by atoms with van der Waals surface area (Å²) in [7, 11) is -4.08. The molecule has 2 saturated heterocycles. The molecule has 2 fully saturated rings. The summed E-state index contributed by atoms with van der Waals surface area (Å²) in [4.78, 5) is 24.0. The third kappa shape index (κ3) is 4.60. The second-order valence-electron chi connectivity index (χ2n) is 8.54. The van der Waals surface area contributed by atoms with Gasteiger partial charge in [0.05, 0.1) is 31.6 Å². The molecule has 0 amide bonds. The summed E-state index contributed by atoms with van der Waals surface area (Å²) >= 11 is 0. The van der Waals surface area contributed by atoms with Crippen LogP contribution < -0.4 is 5.73 Å². The highest BCUT2D eigenvalue weighted by molar-refractivity contribution is 7.48. The number of aromatic nitrogens is 4. The number of carbonyl (C=O) groups is 1. The number of anilines is 1. The van der Waals surface area contributed by atoms with Crippen molar-refractivity contribution in [3.05, 3.63) is 12.7 Å². The van der Waals surface area contributed by atoms with Crippen molar-refractivity contribution in [2.45, 2.75) is 64.3 Å². The molecule has 2 N–H and O–H groups in total. The number of ether oxygens (including phenoxy) is 2. The molecular weight excluding hydrogens is 460 g/mol. The van der Waals surface area contributed by atoms with Crippen LogP contribution in [0.3, 0.4) is 0 Å². The molecular formula is C19H27FN5O7P. The predicted molar refractivity (Wildman–Crippen MR) is 113 cm³/mol. The van der Waals surface area contributed by atoms with Crippen molar-refractivity contribution >= 4 is 30.8 Å². The number of phosphoric ester groups is 1. The van der Waals surface area contributed by atoms with Crippen molar-refractivity contribution in [1.82, 2.24) is 19.5 Å². The Hall–Kier alpha value is -2.18. The van der Waals surface area contributed by atoms with Crippen molar-refractivity contribution in [3.63, 3.8) is 0 Å². The number of esters is 1. The van der Waals surface area contributed by atoms with Gasteiger partial charge in [-0.1, -0.05) is 6.92 Å². The molecule has 0 aromatic carbocycles. The second-order valence-corrected chi connectivity index (χ2v) is 10.2. The van der Waals surface area contributed by atoms with Gasteiger partial charge in [0.2, 0.25) is 0 Å². The van der Waals surface area contributed by atoms with Crippen molar-refractivity contribution in [1.29, 1.82) is 0 Å². The maximum absolute atomic E-state index is 16.0. The van der Waals surface area contributed by atoms with Crippen molar-refractivity contribution in [3.8, 4) is 0 Å². The number of halogens is 1. The SMILES string of the molecule is CC(C)OC(=O)[C@H](C)CCO[P@@]1(=O)OC[C@H]2O[C@@H](n3cnc4c(N)ncnc43)[C@](C)(F)[C@@H]2O1. The van der Waals surface area contributed by atoms with Crippen LogP contribution in [0.1, 0.15) is 40.3 Å². The van der Waals surface area contributed by atoms with E-state index in [1.54, 1.807) is 20.8 Å². The summed E-state index contributed by atoms with van der Waals surface area (Å²) in [5.74, 6) is -0.720. The van der Waals surface area contributed by atoms with E-state index >= 15 is 4.39 Å². The second kappa shape index (κ2) is 8.88. The molecule has 14 heteroatoms. The van der Waals surface area contributed by atoms with Gasteiger partial charge in [-0.2, -0.15) is 0 Å². The maximum atomic E-state index is 16.0. The number of nitrogens with zero attached hydrogens (tertiary/aromatic N) is 4. The minimum Gasteiger partial charge on any atom is -0.463 e. The number of rotatable bonds is 7. The van der Waals surface area contributed by atoms with Crippen LogP contribution in [0.15, 0.2) is 12.7 Å². The van der Waals surface area contributed by atoms with E-state index in [1.807, 2.05) is 0 Å². The zero-order valence-electron chi connectivity index (χ0n) is 18.7. The van der Waals surface area contributed by atoms with Gasteiger partial charge in [-0.3, -0.25) is 22.9 Å². The molecule has 2 aromatic rings. The smallest absolute Gasteiger partial charge is 0.463 e. The zero-order chi connectivity index (χ0) is 24.0. The lowest BCUT2D eigenvalue weighted by molar-refractivity contribution is -0.152. The monoisotopic (exact) mass is 487 g/mol. The molecule has 4 heterocycles. The van der Waals surface area contributed by atoms with E-state index in [2.05, 4.69) is 15.0 Å². The Kier molecular flexibility index (Phi) is 6.45. The molecule has 6 atom stereocenters. The molecule has 2 aliphatic rings. The van der Waals surface area contributed by atoms with Crippen LogP contribution in [0.25, 0.3) is 11.2 Å². The average molecular weight is 487 g/mol. The lowest BCUT2D eigenvalue weighted by Gasteiger charge is -2.33. The van der Waals surface area contributed by atoms with Gasteiger partial charge in [-0.25, -0.2) is 23.9 Å². The molecule has 12 nitrogen and oxygen atoms in total. The van der Waals surface area contributed by atoms with E-state index in [0.29, 0.717) is 5.52 Å². The van der Waals surface area contributed by atoms with Gasteiger partial charge in [0.1, 0.15) is 24.1 Å². The highest BCUT2D eigenvalue weighted by atomic mass is 31.2. The highest BCUT2D eigenvalue weighted by Crippen LogP contribution is 2.59. The van der Waals surface area contributed by atoms with Gasteiger partial charge in [-0.05, 0) is 27.2 Å². The van der Waals surface area contributed by atoms with E-state index in [9.17, 15) is 9.36 Å². The highest BCUT2D eigenvalue weighted by Gasteiger charge is 2.61. The van der Waals surface area contributed by atoms with Gasteiger partial charge in [-0.15, -0.1) is 0 Å². The number of fused-ring (bicyclic) bond motifs is 2. The van der Waals surface area contributed by atoms with Crippen LogP contribution in [-0.4, -0.2) is 62.7 Å². The summed E-state index contributed by atoms with van der Waals surface area (Å²) in [5.41, 5.74) is 4.28. The van der Waals surface area contributed by atoms with Gasteiger partial charge >= 0.3 is 13.8 Å². The minimum absolute atomic E-state index is 0.0985. The van der Waals surface area contributed by atoms with E-state index in [0.717, 1.165) is 0 Å². The molecule has 2 aliphatic heterocycles. The minimum atomic E-state index is -4.08. The lowest BCUT2D eigenvalue weighted by Crippen LogP contribution is -2.44. The average Bonchev–Trinajstić information content (AvgIpc) is 3.27. The third-order valence-corrected chi connectivity index (χ3v) is 6.96. The Bertz CT molecular complexity index is 1080. The van der Waals surface area contributed by atoms with Crippen molar-refractivity contribution < 1.29 is 36.8 Å². The molecule has 0 aliphatic carbocycles. The van der Waals surface area contributed by atoms with Gasteiger partial charge < -0.3 is 15.2 Å². The number of imidazole rings is 1. The number of phosphoric acid groups is 1. The molecule has 0 radical (unpaired) electrons. The molecule has 0 unspecified atom stereocenters. The van der Waals surface area contributed by atoms with Crippen LogP contribution in [-0.2, 0) is 32.4 Å². The third-order valence-electron chi connectivity index (χ3n) is 5.51. The first kappa shape index (κ1) is 24.0. The topological polar surface area (TPSA) is 150 Å². The van der Waals surface area contributed by atoms with Gasteiger partial charge in [0.15, 0.2) is 23.4 Å². The van der Waals surface area contributed by atoms with Crippen molar-refractivity contribution in [2.24, 2.45) is 5.92 Å². The fraction of sp³-hybridized carbons (Fsp3) is 0.684.